The first-order valence-corrected chi connectivity index (χ1v) is 8.37. The molecule has 3 nitrogen and oxygen atoms in total. The molecule has 0 radical (unpaired) electrons. The van der Waals surface area contributed by atoms with Crippen LogP contribution in [-0.4, -0.2) is 22.5 Å². The molecule has 126 valence electrons. The summed E-state index contributed by atoms with van der Waals surface area (Å²) in [6, 6.07) is 1.07. The van der Waals surface area contributed by atoms with Crippen LogP contribution < -0.4 is 0 Å². The van der Waals surface area contributed by atoms with Crippen LogP contribution in [0.2, 0.25) is 0 Å². The summed E-state index contributed by atoms with van der Waals surface area (Å²) in [6.45, 7) is 5.30. The van der Waals surface area contributed by atoms with Crippen molar-refractivity contribution in [2.45, 2.75) is 46.1 Å². The van der Waals surface area contributed by atoms with Gasteiger partial charge in [-0.2, -0.15) is 0 Å². The van der Waals surface area contributed by atoms with Crippen molar-refractivity contribution >= 4 is 5.91 Å². The van der Waals surface area contributed by atoms with Crippen LogP contribution >= 0.6 is 0 Å². The number of rotatable bonds is 3. The van der Waals surface area contributed by atoms with Crippen LogP contribution in [0.3, 0.4) is 0 Å². The molecule has 5 heteroatoms. The third kappa shape index (κ3) is 2.93. The van der Waals surface area contributed by atoms with Gasteiger partial charge in [0.05, 0.1) is 5.56 Å². The second-order valence-corrected chi connectivity index (χ2v) is 7.27. The average Bonchev–Trinajstić information content (AvgIpc) is 2.81. The van der Waals surface area contributed by atoms with E-state index in [1.165, 1.54) is 12.8 Å². The minimum absolute atomic E-state index is 0.167. The van der Waals surface area contributed by atoms with Crippen LogP contribution in [0.4, 0.5) is 8.78 Å². The highest BCUT2D eigenvalue weighted by Gasteiger charge is 2.35. The second kappa shape index (κ2) is 6.10. The van der Waals surface area contributed by atoms with Crippen LogP contribution in [0.5, 0.6) is 5.75 Å². The fraction of sp³-hybridized carbons (Fsp3) is 0.611. The van der Waals surface area contributed by atoms with Gasteiger partial charge in [-0.25, -0.2) is 8.78 Å². The maximum Gasteiger partial charge on any atom is 0.257 e. The summed E-state index contributed by atoms with van der Waals surface area (Å²) < 4.78 is 27.4. The SMILES string of the molecule is CC(C)[C@H]1CC[C@H](CN2Cc3cc(F)c(O)c(F)c3C2=O)CC1. The van der Waals surface area contributed by atoms with Crippen LogP contribution in [-0.2, 0) is 6.54 Å². The van der Waals surface area contributed by atoms with E-state index < -0.39 is 23.3 Å². The Bertz CT molecular complexity index is 622. The van der Waals surface area contributed by atoms with Crippen LogP contribution in [0.1, 0.15) is 55.5 Å². The zero-order chi connectivity index (χ0) is 16.7. The fourth-order valence-electron chi connectivity index (χ4n) is 3.95. The largest absolute Gasteiger partial charge is 0.503 e. The van der Waals surface area contributed by atoms with Gasteiger partial charge in [0.1, 0.15) is 0 Å². The Morgan fingerprint density at radius 3 is 2.52 bits per heavy atom. The summed E-state index contributed by atoms with van der Waals surface area (Å²) >= 11 is 0. The maximum atomic E-state index is 14.0. The molecule has 3 rings (SSSR count). The highest BCUT2D eigenvalue weighted by molar-refractivity contribution is 5.99. The number of fused-ring (bicyclic) bond motifs is 1. The molecule has 0 spiro atoms. The van der Waals surface area contributed by atoms with Gasteiger partial charge in [0.15, 0.2) is 17.4 Å². The van der Waals surface area contributed by atoms with Gasteiger partial charge in [0, 0.05) is 13.1 Å². The zero-order valence-corrected chi connectivity index (χ0v) is 13.6. The van der Waals surface area contributed by atoms with Crippen molar-refractivity contribution in [1.29, 1.82) is 0 Å². The molecule has 1 saturated carbocycles. The normalized spacial score (nSPS) is 24.4. The number of carbonyl (C=O) groups is 1. The van der Waals surface area contributed by atoms with Crippen molar-refractivity contribution in [2.24, 2.45) is 17.8 Å². The number of aromatic hydroxyl groups is 1. The molecular formula is C18H23F2NO2. The number of amides is 1. The number of carbonyl (C=O) groups excluding carboxylic acids is 1. The van der Waals surface area contributed by atoms with E-state index in [-0.39, 0.29) is 12.1 Å². The number of hydrogen-bond acceptors (Lipinski definition) is 2. The summed E-state index contributed by atoms with van der Waals surface area (Å²) in [5.74, 6) is -1.76. The van der Waals surface area contributed by atoms with Crippen molar-refractivity contribution in [3.8, 4) is 5.75 Å². The Labute approximate surface area is 135 Å². The average molecular weight is 323 g/mol. The quantitative estimate of drug-likeness (QED) is 0.910. The summed E-state index contributed by atoms with van der Waals surface area (Å²) in [6.07, 6.45) is 4.48. The van der Waals surface area contributed by atoms with E-state index in [0.717, 1.165) is 24.8 Å². The predicted molar refractivity (Wildman–Crippen MR) is 83.0 cm³/mol. The van der Waals surface area contributed by atoms with E-state index >= 15 is 0 Å². The first-order valence-electron chi connectivity index (χ1n) is 8.37. The number of phenolic OH excluding ortho intramolecular Hbond substituents is 1. The monoisotopic (exact) mass is 323 g/mol. The molecule has 1 aromatic rings. The highest BCUT2D eigenvalue weighted by atomic mass is 19.1. The topological polar surface area (TPSA) is 40.5 Å². The fourth-order valence-corrected chi connectivity index (χ4v) is 3.95. The number of nitrogens with zero attached hydrogens (tertiary/aromatic N) is 1. The van der Waals surface area contributed by atoms with Gasteiger partial charge >= 0.3 is 0 Å². The van der Waals surface area contributed by atoms with E-state index in [1.54, 1.807) is 4.90 Å². The lowest BCUT2D eigenvalue weighted by Gasteiger charge is -2.33. The molecule has 1 aliphatic heterocycles. The molecule has 1 amide bonds. The van der Waals surface area contributed by atoms with Gasteiger partial charge in [0.2, 0.25) is 0 Å². The predicted octanol–water partition coefficient (Wildman–Crippen LogP) is 4.09. The van der Waals surface area contributed by atoms with Crippen molar-refractivity contribution in [3.05, 3.63) is 28.8 Å². The van der Waals surface area contributed by atoms with Gasteiger partial charge < -0.3 is 10.0 Å². The number of halogens is 2. The molecule has 0 saturated heterocycles. The van der Waals surface area contributed by atoms with Crippen LogP contribution in [0.25, 0.3) is 0 Å². The van der Waals surface area contributed by atoms with Crippen molar-refractivity contribution < 1.29 is 18.7 Å². The van der Waals surface area contributed by atoms with Gasteiger partial charge in [-0.3, -0.25) is 4.79 Å². The van der Waals surface area contributed by atoms with Gasteiger partial charge in [-0.1, -0.05) is 13.8 Å². The van der Waals surface area contributed by atoms with Crippen molar-refractivity contribution in [2.75, 3.05) is 6.54 Å². The molecule has 2 aliphatic rings. The van der Waals surface area contributed by atoms with E-state index in [9.17, 15) is 18.7 Å². The third-order valence-electron chi connectivity index (χ3n) is 5.45. The summed E-state index contributed by atoms with van der Waals surface area (Å²) in [4.78, 5) is 14.0. The number of hydrogen-bond donors (Lipinski definition) is 1. The van der Waals surface area contributed by atoms with E-state index in [2.05, 4.69) is 13.8 Å². The molecule has 1 aromatic carbocycles. The Balaban J connectivity index is 1.68. The molecule has 0 bridgehead atoms. The molecule has 0 atom stereocenters. The molecule has 1 aliphatic carbocycles. The Morgan fingerprint density at radius 2 is 1.91 bits per heavy atom. The molecule has 1 fully saturated rings. The Hall–Kier alpha value is -1.65. The lowest BCUT2D eigenvalue weighted by Crippen LogP contribution is -2.32. The standard InChI is InChI=1S/C18H23F2NO2/c1-10(2)12-5-3-11(4-6-12)8-21-9-13-7-14(19)17(22)16(20)15(13)18(21)23/h7,10-12,22H,3-6,8-9H2,1-2H3/t11-,12-. The highest BCUT2D eigenvalue weighted by Crippen LogP contribution is 2.36. The Kier molecular flexibility index (Phi) is 4.30. The van der Waals surface area contributed by atoms with Crippen LogP contribution in [0.15, 0.2) is 6.07 Å². The van der Waals surface area contributed by atoms with Crippen molar-refractivity contribution in [3.63, 3.8) is 0 Å². The smallest absolute Gasteiger partial charge is 0.257 e. The van der Waals surface area contributed by atoms with E-state index in [1.807, 2.05) is 0 Å². The zero-order valence-electron chi connectivity index (χ0n) is 13.6. The minimum Gasteiger partial charge on any atom is -0.503 e. The number of benzene rings is 1. The first-order chi connectivity index (χ1) is 10.9. The first kappa shape index (κ1) is 16.2. The lowest BCUT2D eigenvalue weighted by atomic mass is 9.77. The Morgan fingerprint density at radius 1 is 1.26 bits per heavy atom. The summed E-state index contributed by atoms with van der Waals surface area (Å²) in [5, 5.41) is 9.36. The molecule has 23 heavy (non-hydrogen) atoms. The van der Waals surface area contributed by atoms with Crippen LogP contribution in [0, 0.1) is 29.4 Å². The summed E-state index contributed by atoms with van der Waals surface area (Å²) in [5.41, 5.74) is 0.165. The van der Waals surface area contributed by atoms with Gasteiger partial charge in [-0.15, -0.1) is 0 Å². The van der Waals surface area contributed by atoms with E-state index in [0.29, 0.717) is 23.9 Å². The maximum absolute atomic E-state index is 14.0. The van der Waals surface area contributed by atoms with Crippen molar-refractivity contribution in [1.82, 2.24) is 4.90 Å². The van der Waals surface area contributed by atoms with Gasteiger partial charge in [-0.05, 0) is 55.1 Å². The minimum atomic E-state index is -1.13. The van der Waals surface area contributed by atoms with E-state index in [4.69, 9.17) is 0 Å². The summed E-state index contributed by atoms with van der Waals surface area (Å²) in [7, 11) is 0. The number of phenols is 1. The third-order valence-corrected chi connectivity index (χ3v) is 5.45. The molecule has 0 aromatic heterocycles. The molecule has 0 unspecified atom stereocenters. The molecular weight excluding hydrogens is 300 g/mol. The molecule has 1 N–H and O–H groups in total. The second-order valence-electron chi connectivity index (χ2n) is 7.27. The van der Waals surface area contributed by atoms with Gasteiger partial charge in [0.25, 0.3) is 5.91 Å². The lowest BCUT2D eigenvalue weighted by molar-refractivity contribution is 0.0719. The molecule has 1 heterocycles.